The number of amides is 1. The number of fused-ring (bicyclic) bond motifs is 1. The molecule has 4 heteroatoms. The van der Waals surface area contributed by atoms with Gasteiger partial charge in [-0.15, -0.1) is 0 Å². The Hall–Kier alpha value is -2.36. The first-order chi connectivity index (χ1) is 10.2. The Morgan fingerprint density at radius 2 is 2.14 bits per heavy atom. The summed E-state index contributed by atoms with van der Waals surface area (Å²) in [7, 11) is 1.90. The number of nitrogens with one attached hydrogen (secondary N) is 1. The van der Waals surface area contributed by atoms with E-state index in [1.165, 1.54) is 5.56 Å². The Balaban J connectivity index is 2.15. The Bertz CT molecular complexity index is 650. The van der Waals surface area contributed by atoms with E-state index in [4.69, 9.17) is 0 Å². The minimum Gasteiger partial charge on any atom is -0.386 e. The van der Waals surface area contributed by atoms with Gasteiger partial charge in [0, 0.05) is 38.0 Å². The molecule has 1 aromatic carbocycles. The fraction of sp³-hybridized carbons (Fsp3) is 0.294. The average Bonchev–Trinajstić information content (AvgIpc) is 2.54. The molecule has 0 bridgehead atoms. The maximum absolute atomic E-state index is 12.1. The number of benzene rings is 1. The lowest BCUT2D eigenvalue weighted by Crippen LogP contribution is -2.35. The predicted molar refractivity (Wildman–Crippen MR) is 85.6 cm³/mol. The standard InChI is InChI=1S/C17H19N3O/c1-3-20-16(21)7-6-12-9-14(10-15(18-2)17(12)20)13-5-4-8-19-11-13/h4-5,8-11,18H,3,6-7H2,1-2H3. The molecular formula is C17H19N3O. The summed E-state index contributed by atoms with van der Waals surface area (Å²) in [5.74, 6) is 0.204. The number of hydrogen-bond donors (Lipinski definition) is 1. The molecule has 0 saturated carbocycles. The van der Waals surface area contributed by atoms with E-state index in [2.05, 4.69) is 28.5 Å². The van der Waals surface area contributed by atoms with Gasteiger partial charge in [-0.1, -0.05) is 6.07 Å². The van der Waals surface area contributed by atoms with Crippen molar-refractivity contribution < 1.29 is 4.79 Å². The van der Waals surface area contributed by atoms with Gasteiger partial charge in [0.05, 0.1) is 11.4 Å². The third-order valence-electron chi connectivity index (χ3n) is 3.95. The van der Waals surface area contributed by atoms with Gasteiger partial charge in [-0.3, -0.25) is 9.78 Å². The van der Waals surface area contributed by atoms with Crippen molar-refractivity contribution in [2.45, 2.75) is 19.8 Å². The van der Waals surface area contributed by atoms with Crippen molar-refractivity contribution in [3.05, 3.63) is 42.2 Å². The van der Waals surface area contributed by atoms with E-state index >= 15 is 0 Å². The van der Waals surface area contributed by atoms with Crippen LogP contribution in [-0.2, 0) is 11.2 Å². The fourth-order valence-corrected chi connectivity index (χ4v) is 2.93. The molecule has 1 aliphatic rings. The van der Waals surface area contributed by atoms with E-state index in [0.717, 1.165) is 28.9 Å². The first-order valence-electron chi connectivity index (χ1n) is 7.30. The van der Waals surface area contributed by atoms with Crippen LogP contribution in [0.5, 0.6) is 0 Å². The van der Waals surface area contributed by atoms with E-state index in [1.807, 2.05) is 31.1 Å². The summed E-state index contributed by atoms with van der Waals surface area (Å²) in [5.41, 5.74) is 5.49. The number of hydrogen-bond acceptors (Lipinski definition) is 3. The van der Waals surface area contributed by atoms with Crippen molar-refractivity contribution in [3.63, 3.8) is 0 Å². The van der Waals surface area contributed by atoms with Gasteiger partial charge in [0.2, 0.25) is 5.91 Å². The lowest BCUT2D eigenvalue weighted by atomic mass is 9.95. The number of anilines is 2. The maximum Gasteiger partial charge on any atom is 0.227 e. The number of nitrogens with zero attached hydrogens (tertiary/aromatic N) is 2. The summed E-state index contributed by atoms with van der Waals surface area (Å²) in [6.45, 7) is 2.72. The van der Waals surface area contributed by atoms with Crippen molar-refractivity contribution in [1.29, 1.82) is 0 Å². The molecule has 1 amide bonds. The number of carbonyl (C=O) groups is 1. The van der Waals surface area contributed by atoms with Gasteiger partial charge in [0.25, 0.3) is 0 Å². The minimum absolute atomic E-state index is 0.204. The Morgan fingerprint density at radius 3 is 2.81 bits per heavy atom. The second-order valence-corrected chi connectivity index (χ2v) is 5.16. The van der Waals surface area contributed by atoms with Crippen LogP contribution in [0.15, 0.2) is 36.7 Å². The SMILES string of the molecule is CCN1C(=O)CCc2cc(-c3cccnc3)cc(NC)c21. The van der Waals surface area contributed by atoms with Crippen molar-refractivity contribution in [2.24, 2.45) is 0 Å². The molecule has 0 atom stereocenters. The highest BCUT2D eigenvalue weighted by molar-refractivity contribution is 6.01. The first-order valence-corrected chi connectivity index (χ1v) is 7.30. The molecule has 3 rings (SSSR count). The third-order valence-corrected chi connectivity index (χ3v) is 3.95. The van der Waals surface area contributed by atoms with Gasteiger partial charge < -0.3 is 10.2 Å². The molecule has 0 unspecified atom stereocenters. The highest BCUT2D eigenvalue weighted by Crippen LogP contribution is 2.38. The molecule has 1 aromatic heterocycles. The van der Waals surface area contributed by atoms with Gasteiger partial charge in [0.1, 0.15) is 0 Å². The van der Waals surface area contributed by atoms with Gasteiger partial charge in [0.15, 0.2) is 0 Å². The second-order valence-electron chi connectivity index (χ2n) is 5.16. The molecule has 4 nitrogen and oxygen atoms in total. The largest absolute Gasteiger partial charge is 0.386 e. The molecule has 0 spiro atoms. The number of rotatable bonds is 3. The summed E-state index contributed by atoms with van der Waals surface area (Å²) in [5, 5.41) is 3.24. The zero-order valence-electron chi connectivity index (χ0n) is 12.4. The van der Waals surface area contributed by atoms with Crippen LogP contribution in [0.4, 0.5) is 11.4 Å². The van der Waals surface area contributed by atoms with Crippen molar-refractivity contribution in [3.8, 4) is 11.1 Å². The number of pyridine rings is 1. The predicted octanol–water partition coefficient (Wildman–Crippen LogP) is 3.09. The molecule has 0 aliphatic carbocycles. The van der Waals surface area contributed by atoms with Gasteiger partial charge in [-0.25, -0.2) is 0 Å². The third kappa shape index (κ3) is 2.37. The smallest absolute Gasteiger partial charge is 0.227 e. The molecule has 21 heavy (non-hydrogen) atoms. The normalized spacial score (nSPS) is 14.0. The molecule has 1 aliphatic heterocycles. The minimum atomic E-state index is 0.204. The van der Waals surface area contributed by atoms with Crippen molar-refractivity contribution in [1.82, 2.24) is 4.98 Å². The van der Waals surface area contributed by atoms with Gasteiger partial charge in [-0.05, 0) is 42.7 Å². The van der Waals surface area contributed by atoms with E-state index in [0.29, 0.717) is 13.0 Å². The summed E-state index contributed by atoms with van der Waals surface area (Å²) in [4.78, 5) is 18.2. The summed E-state index contributed by atoms with van der Waals surface area (Å²) in [6, 6.07) is 8.27. The molecule has 0 radical (unpaired) electrons. The van der Waals surface area contributed by atoms with Gasteiger partial charge >= 0.3 is 0 Å². The maximum atomic E-state index is 12.1. The van der Waals surface area contributed by atoms with E-state index < -0.39 is 0 Å². The van der Waals surface area contributed by atoms with Crippen molar-refractivity contribution >= 4 is 17.3 Å². The lowest BCUT2D eigenvalue weighted by molar-refractivity contribution is -0.118. The molecule has 2 aromatic rings. The second kappa shape index (κ2) is 5.56. The number of aryl methyl sites for hydroxylation is 1. The molecule has 2 heterocycles. The van der Waals surface area contributed by atoms with Crippen LogP contribution in [-0.4, -0.2) is 24.5 Å². The fourth-order valence-electron chi connectivity index (χ4n) is 2.93. The van der Waals surface area contributed by atoms with Crippen LogP contribution in [0.1, 0.15) is 18.9 Å². The Morgan fingerprint density at radius 1 is 1.29 bits per heavy atom. The highest BCUT2D eigenvalue weighted by atomic mass is 16.2. The summed E-state index contributed by atoms with van der Waals surface area (Å²) in [6.07, 6.45) is 5.03. The summed E-state index contributed by atoms with van der Waals surface area (Å²) < 4.78 is 0. The van der Waals surface area contributed by atoms with E-state index in [-0.39, 0.29) is 5.91 Å². The topological polar surface area (TPSA) is 45.2 Å². The van der Waals surface area contributed by atoms with Crippen LogP contribution in [0.2, 0.25) is 0 Å². The zero-order valence-corrected chi connectivity index (χ0v) is 12.4. The monoisotopic (exact) mass is 281 g/mol. The Labute approximate surface area is 124 Å². The van der Waals surface area contributed by atoms with Crippen molar-refractivity contribution in [2.75, 3.05) is 23.8 Å². The van der Waals surface area contributed by atoms with Crippen LogP contribution >= 0.6 is 0 Å². The van der Waals surface area contributed by atoms with E-state index in [9.17, 15) is 4.79 Å². The molecule has 0 fully saturated rings. The highest BCUT2D eigenvalue weighted by Gasteiger charge is 2.26. The number of aromatic nitrogens is 1. The number of carbonyl (C=O) groups excluding carboxylic acids is 1. The molecule has 108 valence electrons. The van der Waals surface area contributed by atoms with E-state index in [1.54, 1.807) is 6.20 Å². The molecule has 1 N–H and O–H groups in total. The lowest BCUT2D eigenvalue weighted by Gasteiger charge is -2.31. The van der Waals surface area contributed by atoms with Crippen LogP contribution in [0.25, 0.3) is 11.1 Å². The quantitative estimate of drug-likeness (QED) is 0.940. The molecule has 0 saturated heterocycles. The van der Waals surface area contributed by atoms with Crippen LogP contribution in [0.3, 0.4) is 0 Å². The van der Waals surface area contributed by atoms with Crippen LogP contribution < -0.4 is 10.2 Å². The Kier molecular flexibility index (Phi) is 3.60. The van der Waals surface area contributed by atoms with Crippen LogP contribution in [0, 0.1) is 0 Å². The zero-order chi connectivity index (χ0) is 14.8. The first kappa shape index (κ1) is 13.6. The molecular weight excluding hydrogens is 262 g/mol. The van der Waals surface area contributed by atoms with Gasteiger partial charge in [-0.2, -0.15) is 0 Å². The average molecular weight is 281 g/mol. The summed E-state index contributed by atoms with van der Waals surface area (Å²) >= 11 is 0.